The van der Waals surface area contributed by atoms with E-state index < -0.39 is 0 Å². The van der Waals surface area contributed by atoms with E-state index in [4.69, 9.17) is 9.47 Å². The number of hydrogen-bond acceptors (Lipinski definition) is 4. The number of morpholine rings is 1. The average molecular weight is 278 g/mol. The molecule has 112 valence electrons. The van der Waals surface area contributed by atoms with Gasteiger partial charge < -0.3 is 14.8 Å². The topological polar surface area (TPSA) is 33.7 Å². The molecule has 0 atom stereocenters. The molecule has 0 unspecified atom stereocenters. The molecule has 20 heavy (non-hydrogen) atoms. The van der Waals surface area contributed by atoms with Crippen LogP contribution in [0.3, 0.4) is 0 Å². The lowest BCUT2D eigenvalue weighted by molar-refractivity contribution is -0.0883. The van der Waals surface area contributed by atoms with E-state index >= 15 is 0 Å². The van der Waals surface area contributed by atoms with Crippen molar-refractivity contribution < 1.29 is 9.47 Å². The monoisotopic (exact) mass is 278 g/mol. The molecule has 0 saturated carbocycles. The van der Waals surface area contributed by atoms with Crippen molar-refractivity contribution in [3.63, 3.8) is 0 Å². The summed E-state index contributed by atoms with van der Waals surface area (Å²) in [5, 5.41) is 3.19. The molecular formula is C16H26N2O2. The van der Waals surface area contributed by atoms with Crippen molar-refractivity contribution in [2.24, 2.45) is 0 Å². The van der Waals surface area contributed by atoms with Gasteiger partial charge in [0, 0.05) is 31.7 Å². The fraction of sp³-hybridized carbons (Fsp3) is 0.625. The summed E-state index contributed by atoms with van der Waals surface area (Å²) >= 11 is 0. The Balaban J connectivity index is 2.12. The van der Waals surface area contributed by atoms with Gasteiger partial charge in [-0.05, 0) is 38.6 Å². The third-order valence-corrected chi connectivity index (χ3v) is 3.62. The zero-order chi connectivity index (χ0) is 14.6. The fourth-order valence-electron chi connectivity index (χ4n) is 2.76. The van der Waals surface area contributed by atoms with Crippen LogP contribution in [0.5, 0.6) is 5.75 Å². The van der Waals surface area contributed by atoms with Crippen molar-refractivity contribution in [2.45, 2.75) is 32.5 Å². The maximum Gasteiger partial charge on any atom is 0.123 e. The highest BCUT2D eigenvalue weighted by Crippen LogP contribution is 2.24. The van der Waals surface area contributed by atoms with Crippen LogP contribution in [0.2, 0.25) is 0 Å². The Bertz CT molecular complexity index is 446. The van der Waals surface area contributed by atoms with E-state index in [1.165, 1.54) is 11.1 Å². The highest BCUT2D eigenvalue weighted by atomic mass is 16.5. The van der Waals surface area contributed by atoms with Crippen molar-refractivity contribution in [1.82, 2.24) is 10.2 Å². The van der Waals surface area contributed by atoms with Gasteiger partial charge in [-0.25, -0.2) is 0 Å². The summed E-state index contributed by atoms with van der Waals surface area (Å²) in [5.41, 5.74) is 2.47. The first-order chi connectivity index (χ1) is 9.54. The molecule has 0 bridgehead atoms. The van der Waals surface area contributed by atoms with Gasteiger partial charge in [0.05, 0.1) is 19.3 Å². The van der Waals surface area contributed by atoms with Crippen molar-refractivity contribution in [1.29, 1.82) is 0 Å². The van der Waals surface area contributed by atoms with Gasteiger partial charge in [-0.2, -0.15) is 0 Å². The highest BCUT2D eigenvalue weighted by molar-refractivity contribution is 5.37. The van der Waals surface area contributed by atoms with E-state index in [1.54, 1.807) is 7.11 Å². The van der Waals surface area contributed by atoms with Gasteiger partial charge in [-0.15, -0.1) is 0 Å². The van der Waals surface area contributed by atoms with Crippen LogP contribution in [0.25, 0.3) is 0 Å². The summed E-state index contributed by atoms with van der Waals surface area (Å²) in [5.74, 6) is 0.967. The highest BCUT2D eigenvalue weighted by Gasteiger charge is 2.27. The molecule has 1 heterocycles. The minimum atomic E-state index is -0.0614. The van der Waals surface area contributed by atoms with E-state index in [2.05, 4.69) is 42.3 Å². The lowest BCUT2D eigenvalue weighted by Crippen LogP contribution is -2.47. The number of methoxy groups -OCH3 is 1. The number of benzene rings is 1. The second kappa shape index (κ2) is 6.57. The number of rotatable bonds is 5. The van der Waals surface area contributed by atoms with Gasteiger partial charge >= 0.3 is 0 Å². The predicted molar refractivity (Wildman–Crippen MR) is 81.1 cm³/mol. The van der Waals surface area contributed by atoms with E-state index in [-0.39, 0.29) is 5.60 Å². The third-order valence-electron chi connectivity index (χ3n) is 3.62. The predicted octanol–water partition coefficient (Wildman–Crippen LogP) is 2.03. The summed E-state index contributed by atoms with van der Waals surface area (Å²) in [4.78, 5) is 2.44. The van der Waals surface area contributed by atoms with Gasteiger partial charge in [0.25, 0.3) is 0 Å². The van der Waals surface area contributed by atoms with Crippen LogP contribution >= 0.6 is 0 Å². The normalized spacial score (nSPS) is 19.0. The Kier molecular flexibility index (Phi) is 5.02. The van der Waals surface area contributed by atoms with Gasteiger partial charge in [0.2, 0.25) is 0 Å². The molecule has 4 nitrogen and oxygen atoms in total. The Morgan fingerprint density at radius 1 is 1.40 bits per heavy atom. The van der Waals surface area contributed by atoms with Crippen LogP contribution in [0, 0.1) is 0 Å². The molecule has 1 aromatic rings. The molecule has 0 spiro atoms. The zero-order valence-electron chi connectivity index (χ0n) is 13.0. The molecule has 1 N–H and O–H groups in total. The van der Waals surface area contributed by atoms with Crippen LogP contribution in [0.1, 0.15) is 25.0 Å². The first kappa shape index (κ1) is 15.3. The molecule has 0 radical (unpaired) electrons. The van der Waals surface area contributed by atoms with Crippen LogP contribution in [-0.4, -0.2) is 44.4 Å². The molecule has 2 rings (SSSR count). The number of hydrogen-bond donors (Lipinski definition) is 1. The van der Waals surface area contributed by atoms with Crippen LogP contribution in [0.4, 0.5) is 0 Å². The van der Waals surface area contributed by atoms with Gasteiger partial charge in [-0.1, -0.05) is 6.07 Å². The minimum absolute atomic E-state index is 0.0614. The fourth-order valence-corrected chi connectivity index (χ4v) is 2.76. The summed E-state index contributed by atoms with van der Waals surface area (Å²) in [7, 11) is 3.70. The molecule has 1 aromatic carbocycles. The zero-order valence-corrected chi connectivity index (χ0v) is 13.0. The number of nitrogens with zero attached hydrogens (tertiary/aromatic N) is 1. The maximum absolute atomic E-state index is 5.77. The molecule has 4 heteroatoms. The standard InChI is InChI=1S/C16H26N2O2/c1-16(2)12-18(7-8-20-16)11-14-9-13(10-17-3)5-6-15(14)19-4/h5-6,9,17H,7-8,10-12H2,1-4H3. The van der Waals surface area contributed by atoms with Crippen molar-refractivity contribution >= 4 is 0 Å². The van der Waals surface area contributed by atoms with Crippen LogP contribution in [0.15, 0.2) is 18.2 Å². The summed E-state index contributed by atoms with van der Waals surface area (Å²) in [6.45, 7) is 8.81. The molecule has 1 aliphatic rings. The minimum Gasteiger partial charge on any atom is -0.496 e. The first-order valence-electron chi connectivity index (χ1n) is 7.21. The van der Waals surface area contributed by atoms with E-state index in [9.17, 15) is 0 Å². The lowest BCUT2D eigenvalue weighted by atomic mass is 10.0. The van der Waals surface area contributed by atoms with E-state index in [0.29, 0.717) is 0 Å². The quantitative estimate of drug-likeness (QED) is 0.893. The summed E-state index contributed by atoms with van der Waals surface area (Å²) < 4.78 is 11.3. The Hall–Kier alpha value is -1.10. The third kappa shape index (κ3) is 3.95. The lowest BCUT2D eigenvalue weighted by Gasteiger charge is -2.38. The summed E-state index contributed by atoms with van der Waals surface area (Å²) in [6, 6.07) is 6.41. The molecule has 1 saturated heterocycles. The van der Waals surface area contributed by atoms with Crippen molar-refractivity contribution in [3.8, 4) is 5.75 Å². The SMILES string of the molecule is CNCc1ccc(OC)c(CN2CCOC(C)(C)C2)c1. The van der Waals surface area contributed by atoms with Crippen LogP contribution < -0.4 is 10.1 Å². The number of ether oxygens (including phenoxy) is 2. The molecule has 0 aromatic heterocycles. The molecule has 0 aliphatic carbocycles. The smallest absolute Gasteiger partial charge is 0.123 e. The second-order valence-corrected chi connectivity index (χ2v) is 6.00. The van der Waals surface area contributed by atoms with Gasteiger partial charge in [-0.3, -0.25) is 4.90 Å². The van der Waals surface area contributed by atoms with E-state index in [1.807, 2.05) is 7.05 Å². The van der Waals surface area contributed by atoms with Crippen LogP contribution in [-0.2, 0) is 17.8 Å². The second-order valence-electron chi connectivity index (χ2n) is 6.00. The van der Waals surface area contributed by atoms with Gasteiger partial charge in [0.15, 0.2) is 0 Å². The Morgan fingerprint density at radius 3 is 2.85 bits per heavy atom. The molecule has 1 aliphatic heterocycles. The first-order valence-corrected chi connectivity index (χ1v) is 7.21. The van der Waals surface area contributed by atoms with Crippen molar-refractivity contribution in [3.05, 3.63) is 29.3 Å². The Labute approximate surface area is 122 Å². The van der Waals surface area contributed by atoms with Gasteiger partial charge in [0.1, 0.15) is 5.75 Å². The molecular weight excluding hydrogens is 252 g/mol. The Morgan fingerprint density at radius 2 is 2.20 bits per heavy atom. The average Bonchev–Trinajstić information content (AvgIpc) is 2.38. The number of nitrogens with one attached hydrogen (secondary N) is 1. The van der Waals surface area contributed by atoms with E-state index in [0.717, 1.165) is 38.5 Å². The molecule has 1 fully saturated rings. The maximum atomic E-state index is 5.77. The summed E-state index contributed by atoms with van der Waals surface area (Å²) in [6.07, 6.45) is 0. The van der Waals surface area contributed by atoms with Crippen molar-refractivity contribution in [2.75, 3.05) is 33.9 Å². The largest absolute Gasteiger partial charge is 0.496 e. The molecule has 0 amide bonds.